The molecule has 8 nitrogen and oxygen atoms in total. The van der Waals surface area contributed by atoms with Crippen molar-refractivity contribution < 1.29 is 18.8 Å². The molecule has 0 saturated carbocycles. The number of rotatable bonds is 6. The minimum absolute atomic E-state index is 0.0329. The number of aromatic nitrogens is 3. The summed E-state index contributed by atoms with van der Waals surface area (Å²) in [7, 11) is 0. The van der Waals surface area contributed by atoms with Crippen molar-refractivity contribution in [3.05, 3.63) is 59.1 Å². The largest absolute Gasteiger partial charge is 0.452 e. The molecule has 1 atom stereocenters. The molecule has 3 aromatic rings. The van der Waals surface area contributed by atoms with Crippen molar-refractivity contribution in [3.8, 4) is 5.69 Å². The first-order chi connectivity index (χ1) is 13.3. The van der Waals surface area contributed by atoms with Crippen molar-refractivity contribution in [2.24, 2.45) is 0 Å². The van der Waals surface area contributed by atoms with E-state index in [-0.39, 0.29) is 12.2 Å². The Labute approximate surface area is 162 Å². The topological polar surface area (TPSA) is 99.2 Å². The molecule has 2 heterocycles. The molecule has 1 N–H and O–H groups in total. The van der Waals surface area contributed by atoms with E-state index in [1.807, 2.05) is 44.2 Å². The summed E-state index contributed by atoms with van der Waals surface area (Å²) in [5.74, 6) is -0.129. The first kappa shape index (κ1) is 19.3. The lowest BCUT2D eigenvalue weighted by atomic mass is 10.1. The van der Waals surface area contributed by atoms with Crippen LogP contribution in [0.1, 0.15) is 29.6 Å². The number of hydrogen-bond acceptors (Lipinski definition) is 6. The molecular weight excluding hydrogens is 360 g/mol. The molecule has 0 aliphatic heterocycles. The van der Waals surface area contributed by atoms with Gasteiger partial charge >= 0.3 is 5.97 Å². The van der Waals surface area contributed by atoms with E-state index in [2.05, 4.69) is 15.6 Å². The number of anilines is 1. The molecule has 0 unspecified atom stereocenters. The van der Waals surface area contributed by atoms with Gasteiger partial charge < -0.3 is 14.6 Å². The first-order valence-electron chi connectivity index (χ1n) is 8.89. The van der Waals surface area contributed by atoms with Crippen LogP contribution in [0.25, 0.3) is 5.69 Å². The second kappa shape index (κ2) is 8.08. The molecule has 0 aliphatic rings. The van der Waals surface area contributed by atoms with E-state index in [4.69, 9.17) is 9.26 Å². The Hall–Kier alpha value is -3.42. The molecule has 0 saturated heterocycles. The van der Waals surface area contributed by atoms with Gasteiger partial charge in [0, 0.05) is 17.3 Å². The standard InChI is InChI=1S/C20H22N4O4/c1-12-10-18(23-28-12)21-20(26)15(4)27-19(25)11-17-13(2)22-24(14(17)3)16-8-6-5-7-9-16/h5-10,15H,11H2,1-4H3,(H,21,23,26)/t15-/m0/s1. The van der Waals surface area contributed by atoms with Crippen LogP contribution in [0.4, 0.5) is 5.82 Å². The Balaban J connectivity index is 1.64. The van der Waals surface area contributed by atoms with Gasteiger partial charge in [0.15, 0.2) is 11.9 Å². The van der Waals surface area contributed by atoms with Crippen LogP contribution >= 0.6 is 0 Å². The van der Waals surface area contributed by atoms with Gasteiger partial charge in [-0.1, -0.05) is 23.4 Å². The molecule has 146 valence electrons. The van der Waals surface area contributed by atoms with Crippen molar-refractivity contribution in [1.82, 2.24) is 14.9 Å². The SMILES string of the molecule is Cc1cc(NC(=O)[C@H](C)OC(=O)Cc2c(C)nn(-c3ccccc3)c2C)no1. The number of amides is 1. The minimum Gasteiger partial charge on any atom is -0.452 e. The lowest BCUT2D eigenvalue weighted by Crippen LogP contribution is -2.30. The average Bonchev–Trinajstić information content (AvgIpc) is 3.19. The zero-order valence-electron chi connectivity index (χ0n) is 16.2. The van der Waals surface area contributed by atoms with Gasteiger partial charge in [-0.15, -0.1) is 0 Å². The second-order valence-electron chi connectivity index (χ2n) is 6.52. The van der Waals surface area contributed by atoms with Crippen molar-refractivity contribution >= 4 is 17.7 Å². The third-order valence-corrected chi connectivity index (χ3v) is 4.32. The quantitative estimate of drug-likeness (QED) is 0.658. The van der Waals surface area contributed by atoms with Gasteiger partial charge in [0.2, 0.25) is 0 Å². The summed E-state index contributed by atoms with van der Waals surface area (Å²) in [5, 5.41) is 10.7. The van der Waals surface area contributed by atoms with E-state index < -0.39 is 18.0 Å². The number of aryl methyl sites for hydroxylation is 2. The van der Waals surface area contributed by atoms with Gasteiger partial charge in [0.05, 0.1) is 17.8 Å². The van der Waals surface area contributed by atoms with Crippen molar-refractivity contribution in [1.29, 1.82) is 0 Å². The van der Waals surface area contributed by atoms with Crippen LogP contribution in [-0.2, 0) is 20.7 Å². The minimum atomic E-state index is -0.964. The van der Waals surface area contributed by atoms with Gasteiger partial charge in [-0.05, 0) is 39.8 Å². The highest BCUT2D eigenvalue weighted by molar-refractivity contribution is 5.94. The lowest BCUT2D eigenvalue weighted by molar-refractivity contribution is -0.152. The van der Waals surface area contributed by atoms with Gasteiger partial charge in [0.25, 0.3) is 5.91 Å². The Bertz CT molecular complexity index is 991. The van der Waals surface area contributed by atoms with Crippen LogP contribution in [0.3, 0.4) is 0 Å². The molecule has 3 rings (SSSR count). The molecule has 0 aliphatic carbocycles. The summed E-state index contributed by atoms with van der Waals surface area (Å²) in [6.07, 6.45) is -0.931. The van der Waals surface area contributed by atoms with Crippen LogP contribution in [0.2, 0.25) is 0 Å². The summed E-state index contributed by atoms with van der Waals surface area (Å²) in [4.78, 5) is 24.5. The lowest BCUT2D eigenvalue weighted by Gasteiger charge is -2.12. The fourth-order valence-corrected chi connectivity index (χ4v) is 2.84. The zero-order valence-corrected chi connectivity index (χ0v) is 16.2. The fraction of sp³-hybridized carbons (Fsp3) is 0.300. The smallest absolute Gasteiger partial charge is 0.311 e. The number of carbonyl (C=O) groups is 2. The van der Waals surface area contributed by atoms with Crippen molar-refractivity contribution in [3.63, 3.8) is 0 Å². The Morgan fingerprint density at radius 1 is 1.21 bits per heavy atom. The molecule has 8 heteroatoms. The van der Waals surface area contributed by atoms with Gasteiger partial charge in [-0.2, -0.15) is 5.10 Å². The van der Waals surface area contributed by atoms with E-state index in [0.29, 0.717) is 5.76 Å². The monoisotopic (exact) mass is 382 g/mol. The first-order valence-corrected chi connectivity index (χ1v) is 8.89. The molecule has 1 aromatic carbocycles. The van der Waals surface area contributed by atoms with Gasteiger partial charge in [0.1, 0.15) is 5.76 Å². The predicted octanol–water partition coefficient (Wildman–Crippen LogP) is 2.90. The highest BCUT2D eigenvalue weighted by Gasteiger charge is 2.22. The van der Waals surface area contributed by atoms with Crippen LogP contribution in [0.5, 0.6) is 0 Å². The molecule has 28 heavy (non-hydrogen) atoms. The molecular formula is C20H22N4O4. The summed E-state index contributed by atoms with van der Waals surface area (Å²) in [5.41, 5.74) is 3.30. The average molecular weight is 382 g/mol. The summed E-state index contributed by atoms with van der Waals surface area (Å²) in [6, 6.07) is 11.3. The number of hydrogen-bond donors (Lipinski definition) is 1. The maximum atomic E-state index is 12.4. The third-order valence-electron chi connectivity index (χ3n) is 4.32. The second-order valence-corrected chi connectivity index (χ2v) is 6.52. The predicted molar refractivity (Wildman–Crippen MR) is 102 cm³/mol. The van der Waals surface area contributed by atoms with Crippen LogP contribution in [0, 0.1) is 20.8 Å². The number of para-hydroxylation sites is 1. The molecule has 0 spiro atoms. The van der Waals surface area contributed by atoms with Crippen LogP contribution in [-0.4, -0.2) is 32.9 Å². The number of esters is 1. The number of nitrogens with one attached hydrogen (secondary N) is 1. The molecule has 1 amide bonds. The highest BCUT2D eigenvalue weighted by atomic mass is 16.5. The van der Waals surface area contributed by atoms with E-state index >= 15 is 0 Å². The number of carbonyl (C=O) groups excluding carboxylic acids is 2. The highest BCUT2D eigenvalue weighted by Crippen LogP contribution is 2.19. The molecule has 2 aromatic heterocycles. The third kappa shape index (κ3) is 4.28. The van der Waals surface area contributed by atoms with Crippen molar-refractivity contribution in [2.45, 2.75) is 40.2 Å². The Morgan fingerprint density at radius 3 is 2.57 bits per heavy atom. The number of benzene rings is 1. The van der Waals surface area contributed by atoms with Crippen molar-refractivity contribution in [2.75, 3.05) is 5.32 Å². The van der Waals surface area contributed by atoms with Gasteiger partial charge in [-0.25, -0.2) is 4.68 Å². The molecule has 0 radical (unpaired) electrons. The molecule has 0 fully saturated rings. The van der Waals surface area contributed by atoms with Gasteiger partial charge in [-0.3, -0.25) is 9.59 Å². The van der Waals surface area contributed by atoms with Crippen LogP contribution in [0.15, 0.2) is 40.9 Å². The maximum Gasteiger partial charge on any atom is 0.311 e. The normalized spacial score (nSPS) is 11.9. The van der Waals surface area contributed by atoms with E-state index in [1.54, 1.807) is 17.7 Å². The van der Waals surface area contributed by atoms with E-state index in [1.165, 1.54) is 6.92 Å². The zero-order chi connectivity index (χ0) is 20.3. The molecule has 0 bridgehead atoms. The summed E-state index contributed by atoms with van der Waals surface area (Å²) < 4.78 is 12.0. The Morgan fingerprint density at radius 2 is 1.93 bits per heavy atom. The Kier molecular flexibility index (Phi) is 5.58. The summed E-state index contributed by atoms with van der Waals surface area (Å²) in [6.45, 7) is 6.97. The van der Waals surface area contributed by atoms with E-state index in [0.717, 1.165) is 22.6 Å². The number of nitrogens with zero attached hydrogens (tertiary/aromatic N) is 3. The van der Waals surface area contributed by atoms with Crippen LogP contribution < -0.4 is 5.32 Å². The van der Waals surface area contributed by atoms with E-state index in [9.17, 15) is 9.59 Å². The maximum absolute atomic E-state index is 12.4. The number of ether oxygens (including phenoxy) is 1. The fourth-order valence-electron chi connectivity index (χ4n) is 2.84. The summed E-state index contributed by atoms with van der Waals surface area (Å²) >= 11 is 0.